The van der Waals surface area contributed by atoms with Gasteiger partial charge in [0.1, 0.15) is 11.6 Å². The van der Waals surface area contributed by atoms with Crippen LogP contribution in [-0.4, -0.2) is 37.7 Å². The minimum atomic E-state index is -0.560. The molecule has 0 bridgehead atoms. The van der Waals surface area contributed by atoms with Crippen molar-refractivity contribution in [3.8, 4) is 11.1 Å². The third kappa shape index (κ3) is 4.08. The van der Waals surface area contributed by atoms with Crippen LogP contribution < -0.4 is 0 Å². The normalized spacial score (nSPS) is 16.4. The molecular weight excluding hydrogens is 308 g/mol. The van der Waals surface area contributed by atoms with E-state index in [0.717, 1.165) is 50.0 Å². The second-order valence-corrected chi connectivity index (χ2v) is 6.00. The maximum Gasteiger partial charge on any atom is 0.133 e. The molecule has 0 unspecified atom stereocenters. The molecule has 24 heavy (non-hydrogen) atoms. The summed E-state index contributed by atoms with van der Waals surface area (Å²) in [6, 6.07) is 11.4. The Morgan fingerprint density at radius 3 is 2.46 bits per heavy atom. The summed E-state index contributed by atoms with van der Waals surface area (Å²) in [5, 5.41) is 0. The highest BCUT2D eigenvalue weighted by molar-refractivity contribution is 5.70. The van der Waals surface area contributed by atoms with Gasteiger partial charge in [0, 0.05) is 31.3 Å². The van der Waals surface area contributed by atoms with Gasteiger partial charge in [0.05, 0.1) is 13.2 Å². The fourth-order valence-corrected chi connectivity index (χ4v) is 2.80. The fraction of sp³-hybridized carbons (Fsp3) is 0.300. The lowest BCUT2D eigenvalue weighted by Crippen LogP contribution is -2.36. The molecule has 0 N–H and O–H groups in total. The van der Waals surface area contributed by atoms with Crippen molar-refractivity contribution in [1.29, 1.82) is 0 Å². The van der Waals surface area contributed by atoms with E-state index in [9.17, 15) is 8.78 Å². The number of morpholine rings is 1. The van der Waals surface area contributed by atoms with Crippen molar-refractivity contribution >= 4 is 5.57 Å². The lowest BCUT2D eigenvalue weighted by atomic mass is 10.0. The first-order valence-electron chi connectivity index (χ1n) is 8.16. The molecule has 1 heterocycles. The number of hydrogen-bond acceptors (Lipinski definition) is 2. The first-order chi connectivity index (χ1) is 11.6. The average molecular weight is 329 g/mol. The molecule has 1 saturated heterocycles. The van der Waals surface area contributed by atoms with Gasteiger partial charge >= 0.3 is 0 Å². The van der Waals surface area contributed by atoms with E-state index in [4.69, 9.17) is 4.74 Å². The topological polar surface area (TPSA) is 12.5 Å². The second-order valence-electron chi connectivity index (χ2n) is 6.00. The van der Waals surface area contributed by atoms with E-state index in [1.165, 1.54) is 17.7 Å². The average Bonchev–Trinajstić information content (AvgIpc) is 2.61. The molecule has 0 saturated carbocycles. The highest BCUT2D eigenvalue weighted by atomic mass is 19.1. The summed E-state index contributed by atoms with van der Waals surface area (Å²) in [6.07, 6.45) is 2.21. The van der Waals surface area contributed by atoms with Crippen LogP contribution >= 0.6 is 0 Å². The van der Waals surface area contributed by atoms with Gasteiger partial charge in [-0.3, -0.25) is 4.90 Å². The predicted molar refractivity (Wildman–Crippen MR) is 92.7 cm³/mol. The van der Waals surface area contributed by atoms with Crippen molar-refractivity contribution in [3.63, 3.8) is 0 Å². The lowest BCUT2D eigenvalue weighted by Gasteiger charge is -2.25. The van der Waals surface area contributed by atoms with Crippen molar-refractivity contribution in [3.05, 3.63) is 65.7 Å². The zero-order valence-electron chi connectivity index (χ0n) is 13.8. The molecule has 1 aliphatic rings. The van der Waals surface area contributed by atoms with Crippen LogP contribution in [0.2, 0.25) is 0 Å². The molecule has 2 nitrogen and oxygen atoms in total. The lowest BCUT2D eigenvalue weighted by molar-refractivity contribution is 0.0435. The van der Waals surface area contributed by atoms with Gasteiger partial charge in [-0.1, -0.05) is 30.3 Å². The van der Waals surface area contributed by atoms with Crippen LogP contribution in [0.15, 0.2) is 48.5 Å². The Bertz CT molecular complexity index is 719. The highest BCUT2D eigenvalue weighted by Gasteiger charge is 2.09. The van der Waals surface area contributed by atoms with Crippen LogP contribution in [0.5, 0.6) is 0 Å². The Morgan fingerprint density at radius 2 is 1.79 bits per heavy atom. The van der Waals surface area contributed by atoms with Gasteiger partial charge in [-0.2, -0.15) is 0 Å². The quantitative estimate of drug-likeness (QED) is 0.826. The van der Waals surface area contributed by atoms with E-state index >= 15 is 0 Å². The number of ether oxygens (including phenoxy) is 1. The standard InChI is InChI=1S/C20H21F2NO/c1-15(8-9-23-10-12-24-13-11-23)16-2-4-17(5-3-16)19-7-6-18(21)14-20(19)22/h2-8,14H,9-13H2,1H3/b15-8-. The summed E-state index contributed by atoms with van der Waals surface area (Å²) in [5.74, 6) is -1.10. The SMILES string of the molecule is C/C(=C/CN1CCOCC1)c1ccc(-c2ccc(F)cc2F)cc1. The Labute approximate surface area is 141 Å². The minimum absolute atomic E-state index is 0.415. The van der Waals surface area contributed by atoms with Crippen LogP contribution in [0.4, 0.5) is 8.78 Å². The molecule has 2 aromatic carbocycles. The van der Waals surface area contributed by atoms with Gasteiger partial charge < -0.3 is 4.74 Å². The van der Waals surface area contributed by atoms with E-state index in [1.807, 2.05) is 24.3 Å². The molecule has 0 atom stereocenters. The van der Waals surface area contributed by atoms with E-state index < -0.39 is 11.6 Å². The third-order valence-electron chi connectivity index (χ3n) is 4.34. The number of rotatable bonds is 4. The summed E-state index contributed by atoms with van der Waals surface area (Å²) >= 11 is 0. The van der Waals surface area contributed by atoms with Crippen LogP contribution in [0.3, 0.4) is 0 Å². The molecule has 2 aromatic rings. The number of hydrogen-bond donors (Lipinski definition) is 0. The zero-order valence-corrected chi connectivity index (χ0v) is 13.8. The Balaban J connectivity index is 1.71. The van der Waals surface area contributed by atoms with Crippen molar-refractivity contribution in [1.82, 2.24) is 4.90 Å². The first kappa shape index (κ1) is 16.8. The second kappa shape index (κ2) is 7.69. The number of benzene rings is 2. The van der Waals surface area contributed by atoms with Crippen LogP contribution in [0.1, 0.15) is 12.5 Å². The molecule has 1 aliphatic heterocycles. The summed E-state index contributed by atoms with van der Waals surface area (Å²) in [4.78, 5) is 2.36. The van der Waals surface area contributed by atoms with Crippen molar-refractivity contribution in [2.75, 3.05) is 32.8 Å². The molecule has 0 aliphatic carbocycles. The van der Waals surface area contributed by atoms with Gasteiger partial charge in [-0.05, 0) is 35.8 Å². The summed E-state index contributed by atoms with van der Waals surface area (Å²) in [7, 11) is 0. The summed E-state index contributed by atoms with van der Waals surface area (Å²) in [5.41, 5.74) is 3.46. The molecule has 0 radical (unpaired) electrons. The van der Waals surface area contributed by atoms with Crippen molar-refractivity contribution in [2.24, 2.45) is 0 Å². The minimum Gasteiger partial charge on any atom is -0.379 e. The molecule has 0 aromatic heterocycles. The third-order valence-corrected chi connectivity index (χ3v) is 4.34. The monoisotopic (exact) mass is 329 g/mol. The molecule has 0 spiro atoms. The number of allylic oxidation sites excluding steroid dienone is 1. The Kier molecular flexibility index (Phi) is 5.38. The number of nitrogens with zero attached hydrogens (tertiary/aromatic N) is 1. The summed E-state index contributed by atoms with van der Waals surface area (Å²) < 4.78 is 32.2. The molecular formula is C20H21F2NO. The van der Waals surface area contributed by atoms with E-state index in [-0.39, 0.29) is 0 Å². The Hall–Kier alpha value is -2.04. The maximum absolute atomic E-state index is 13.9. The largest absolute Gasteiger partial charge is 0.379 e. The van der Waals surface area contributed by atoms with Crippen molar-refractivity contribution in [2.45, 2.75) is 6.92 Å². The molecule has 126 valence electrons. The van der Waals surface area contributed by atoms with Gasteiger partial charge in [0.25, 0.3) is 0 Å². The Morgan fingerprint density at radius 1 is 1.08 bits per heavy atom. The number of halogens is 2. The maximum atomic E-state index is 13.9. The van der Waals surface area contributed by atoms with E-state index in [0.29, 0.717) is 5.56 Å². The van der Waals surface area contributed by atoms with Gasteiger partial charge in [-0.15, -0.1) is 0 Å². The van der Waals surface area contributed by atoms with Crippen LogP contribution in [0, 0.1) is 11.6 Å². The zero-order chi connectivity index (χ0) is 16.9. The van der Waals surface area contributed by atoms with E-state index in [2.05, 4.69) is 17.9 Å². The molecule has 4 heteroatoms. The van der Waals surface area contributed by atoms with Gasteiger partial charge in [-0.25, -0.2) is 8.78 Å². The molecule has 0 amide bonds. The smallest absolute Gasteiger partial charge is 0.133 e. The fourth-order valence-electron chi connectivity index (χ4n) is 2.80. The van der Waals surface area contributed by atoms with Crippen LogP contribution in [0.25, 0.3) is 16.7 Å². The first-order valence-corrected chi connectivity index (χ1v) is 8.16. The summed E-state index contributed by atoms with van der Waals surface area (Å²) in [6.45, 7) is 6.51. The van der Waals surface area contributed by atoms with Crippen LogP contribution in [-0.2, 0) is 4.74 Å². The van der Waals surface area contributed by atoms with Gasteiger partial charge in [0.15, 0.2) is 0 Å². The highest BCUT2D eigenvalue weighted by Crippen LogP contribution is 2.25. The molecule has 3 rings (SSSR count). The van der Waals surface area contributed by atoms with Gasteiger partial charge in [0.2, 0.25) is 0 Å². The molecule has 1 fully saturated rings. The predicted octanol–water partition coefficient (Wildman–Crippen LogP) is 4.37. The van der Waals surface area contributed by atoms with E-state index in [1.54, 1.807) is 0 Å². The van der Waals surface area contributed by atoms with Crippen molar-refractivity contribution < 1.29 is 13.5 Å².